The van der Waals surface area contributed by atoms with Gasteiger partial charge in [0.1, 0.15) is 0 Å². The Morgan fingerprint density at radius 3 is 2.14 bits per heavy atom. The molecule has 0 fully saturated rings. The maximum atomic E-state index is 14.1. The molecule has 0 radical (unpaired) electrons. The van der Waals surface area contributed by atoms with E-state index in [1.807, 2.05) is 66.7 Å². The van der Waals surface area contributed by atoms with Crippen molar-refractivity contribution in [3.63, 3.8) is 0 Å². The number of amides is 2. The van der Waals surface area contributed by atoms with Crippen molar-refractivity contribution in [3.05, 3.63) is 125 Å². The van der Waals surface area contributed by atoms with Crippen LogP contribution in [0.5, 0.6) is 0 Å². The second-order valence-corrected chi connectivity index (χ2v) is 10.3. The van der Waals surface area contributed by atoms with Crippen LogP contribution in [0, 0.1) is 0 Å². The molecule has 2 amide bonds. The number of hydrogen-bond donors (Lipinski definition) is 2. The predicted octanol–water partition coefficient (Wildman–Crippen LogP) is 4.47. The van der Waals surface area contributed by atoms with E-state index in [0.29, 0.717) is 48.2 Å². The number of aliphatic carboxylic acids is 1. The number of nitrogens with zero attached hydrogens (tertiary/aromatic N) is 3. The molecular formula is C34H33N3O5. The molecule has 2 N–H and O–H groups in total. The summed E-state index contributed by atoms with van der Waals surface area (Å²) in [5, 5.41) is 19.5. The Morgan fingerprint density at radius 2 is 1.45 bits per heavy atom. The molecule has 0 saturated heterocycles. The summed E-state index contributed by atoms with van der Waals surface area (Å²) < 4.78 is 0. The van der Waals surface area contributed by atoms with Crippen LogP contribution in [0.15, 0.2) is 97.2 Å². The zero-order chi connectivity index (χ0) is 29.5. The van der Waals surface area contributed by atoms with Crippen LogP contribution in [0.4, 0.5) is 0 Å². The van der Waals surface area contributed by atoms with E-state index in [9.17, 15) is 24.6 Å². The number of hydrogen-bond acceptors (Lipinski definition) is 5. The zero-order valence-electron chi connectivity index (χ0n) is 23.2. The highest BCUT2D eigenvalue weighted by molar-refractivity contribution is 6.06. The van der Waals surface area contributed by atoms with Crippen molar-refractivity contribution < 1.29 is 24.6 Å². The van der Waals surface area contributed by atoms with Gasteiger partial charge in [-0.25, -0.2) is 0 Å². The fourth-order valence-corrected chi connectivity index (χ4v) is 5.46. The lowest BCUT2D eigenvalue weighted by molar-refractivity contribution is -0.137. The summed E-state index contributed by atoms with van der Waals surface area (Å²) in [4.78, 5) is 47.0. The first-order valence-corrected chi connectivity index (χ1v) is 14.0. The van der Waals surface area contributed by atoms with E-state index in [1.54, 1.807) is 35.4 Å². The van der Waals surface area contributed by atoms with Gasteiger partial charge in [-0.15, -0.1) is 0 Å². The third-order valence-electron chi connectivity index (χ3n) is 7.68. The molecule has 1 aromatic heterocycles. The van der Waals surface area contributed by atoms with Crippen LogP contribution < -0.4 is 0 Å². The molecule has 0 spiro atoms. The minimum Gasteiger partial charge on any atom is -0.481 e. The van der Waals surface area contributed by atoms with E-state index < -0.39 is 5.97 Å². The van der Waals surface area contributed by atoms with E-state index in [2.05, 4.69) is 4.98 Å². The summed E-state index contributed by atoms with van der Waals surface area (Å²) in [6, 6.07) is 27.4. The number of carbonyl (C=O) groups excluding carboxylic acids is 2. The molecule has 2 heterocycles. The molecule has 0 bridgehead atoms. The van der Waals surface area contributed by atoms with Gasteiger partial charge in [0.25, 0.3) is 11.8 Å². The van der Waals surface area contributed by atoms with E-state index >= 15 is 0 Å². The molecule has 1 aliphatic heterocycles. The van der Waals surface area contributed by atoms with Gasteiger partial charge in [-0.2, -0.15) is 0 Å². The van der Waals surface area contributed by atoms with Gasteiger partial charge in [-0.1, -0.05) is 66.7 Å². The quantitative estimate of drug-likeness (QED) is 0.295. The van der Waals surface area contributed by atoms with Crippen LogP contribution in [0.1, 0.15) is 44.0 Å². The average molecular weight is 564 g/mol. The van der Waals surface area contributed by atoms with E-state index in [0.717, 1.165) is 16.8 Å². The third-order valence-corrected chi connectivity index (χ3v) is 7.68. The van der Waals surface area contributed by atoms with Crippen LogP contribution in [0.3, 0.4) is 0 Å². The lowest BCUT2D eigenvalue weighted by atomic mass is 9.91. The van der Waals surface area contributed by atoms with Gasteiger partial charge in [-0.05, 0) is 52.9 Å². The van der Waals surface area contributed by atoms with Gasteiger partial charge in [-0.3, -0.25) is 19.4 Å². The first-order valence-electron chi connectivity index (χ1n) is 14.0. The fraction of sp³-hybridized carbons (Fsp3) is 0.235. The minimum absolute atomic E-state index is 0.0429. The smallest absolute Gasteiger partial charge is 0.305 e. The van der Waals surface area contributed by atoms with Crippen molar-refractivity contribution in [3.8, 4) is 11.1 Å². The number of benzene rings is 3. The lowest BCUT2D eigenvalue weighted by Gasteiger charge is -2.36. The van der Waals surface area contributed by atoms with Crippen molar-refractivity contribution in [2.45, 2.75) is 31.8 Å². The highest BCUT2D eigenvalue weighted by atomic mass is 16.4. The Hall–Kier alpha value is -4.82. The molecule has 42 heavy (non-hydrogen) atoms. The number of pyridine rings is 1. The third kappa shape index (κ3) is 6.39. The molecular weight excluding hydrogens is 530 g/mol. The van der Waals surface area contributed by atoms with Gasteiger partial charge in [0.05, 0.1) is 19.1 Å². The molecule has 0 saturated carbocycles. The summed E-state index contributed by atoms with van der Waals surface area (Å²) in [5.41, 5.74) is 4.97. The van der Waals surface area contributed by atoms with Crippen molar-refractivity contribution >= 4 is 17.8 Å². The Balaban J connectivity index is 1.47. The van der Waals surface area contributed by atoms with Gasteiger partial charge in [0, 0.05) is 49.1 Å². The van der Waals surface area contributed by atoms with Crippen LogP contribution in [0.2, 0.25) is 0 Å². The number of rotatable bonds is 10. The van der Waals surface area contributed by atoms with E-state index in [-0.39, 0.29) is 37.4 Å². The second-order valence-electron chi connectivity index (χ2n) is 10.3. The maximum absolute atomic E-state index is 14.1. The number of aromatic nitrogens is 1. The van der Waals surface area contributed by atoms with Crippen molar-refractivity contribution in [1.29, 1.82) is 0 Å². The molecule has 214 valence electrons. The SMILES string of the molecule is O=C(O)CCN(CCc1ccccn1)C(=O)c1ccccc1-c1ccccc1C(=O)N1Cc2ccccc2C[C@H]1CO. The molecule has 1 aliphatic rings. The van der Waals surface area contributed by atoms with Gasteiger partial charge >= 0.3 is 5.97 Å². The first kappa shape index (κ1) is 28.7. The van der Waals surface area contributed by atoms with Crippen molar-refractivity contribution in [1.82, 2.24) is 14.8 Å². The Bertz CT molecular complexity index is 1570. The lowest BCUT2D eigenvalue weighted by Crippen LogP contribution is -2.46. The summed E-state index contributed by atoms with van der Waals surface area (Å²) >= 11 is 0. The highest BCUT2D eigenvalue weighted by Gasteiger charge is 2.31. The summed E-state index contributed by atoms with van der Waals surface area (Å²) in [7, 11) is 0. The molecule has 1 atom stereocenters. The van der Waals surface area contributed by atoms with Crippen LogP contribution in [-0.2, 0) is 24.2 Å². The molecule has 0 aliphatic carbocycles. The molecule has 8 nitrogen and oxygen atoms in total. The first-order chi connectivity index (χ1) is 20.5. The standard InChI is InChI=1S/C34H33N3O5/c38-23-27-21-24-9-1-2-10-25(24)22-37(27)34(42)31-15-6-4-13-29(31)28-12-3-5-14-30(28)33(41)36(20-17-32(39)40)19-16-26-11-7-8-18-35-26/h1-15,18,27,38H,16-17,19-23H2,(H,39,40)/t27-/m0/s1. The minimum atomic E-state index is -0.989. The highest BCUT2D eigenvalue weighted by Crippen LogP contribution is 2.32. The summed E-state index contributed by atoms with van der Waals surface area (Å²) in [6.45, 7) is 0.558. The Kier molecular flexibility index (Phi) is 9.04. The van der Waals surface area contributed by atoms with E-state index in [4.69, 9.17) is 0 Å². The Morgan fingerprint density at radius 1 is 0.810 bits per heavy atom. The average Bonchev–Trinajstić information content (AvgIpc) is 3.04. The number of aliphatic hydroxyl groups is 1. The molecule has 0 unspecified atom stereocenters. The van der Waals surface area contributed by atoms with E-state index in [1.165, 1.54) is 4.90 Å². The van der Waals surface area contributed by atoms with Crippen molar-refractivity contribution in [2.24, 2.45) is 0 Å². The van der Waals surface area contributed by atoms with Gasteiger partial charge < -0.3 is 20.0 Å². The largest absolute Gasteiger partial charge is 0.481 e. The van der Waals surface area contributed by atoms with Gasteiger partial charge in [0.15, 0.2) is 0 Å². The normalized spacial score (nSPS) is 14.2. The summed E-state index contributed by atoms with van der Waals surface area (Å²) in [5.74, 6) is -1.53. The molecule has 3 aromatic carbocycles. The maximum Gasteiger partial charge on any atom is 0.305 e. The topological polar surface area (TPSA) is 111 Å². The zero-order valence-corrected chi connectivity index (χ0v) is 23.2. The molecule has 8 heteroatoms. The number of aliphatic hydroxyl groups excluding tert-OH is 1. The Labute approximate surface area is 244 Å². The number of carboxylic acid groups (broad SMARTS) is 1. The van der Waals surface area contributed by atoms with Crippen LogP contribution in [-0.4, -0.2) is 68.5 Å². The number of carbonyl (C=O) groups is 3. The van der Waals surface area contributed by atoms with Gasteiger partial charge in [0.2, 0.25) is 0 Å². The summed E-state index contributed by atoms with van der Waals surface area (Å²) in [6.07, 6.45) is 2.53. The predicted molar refractivity (Wildman–Crippen MR) is 159 cm³/mol. The molecule has 4 aromatic rings. The number of carboxylic acids is 1. The number of fused-ring (bicyclic) bond motifs is 1. The molecule has 5 rings (SSSR count). The monoisotopic (exact) mass is 563 g/mol. The van der Waals surface area contributed by atoms with Crippen LogP contribution >= 0.6 is 0 Å². The van der Waals surface area contributed by atoms with Crippen molar-refractivity contribution in [2.75, 3.05) is 19.7 Å². The second kappa shape index (κ2) is 13.2. The fourth-order valence-electron chi connectivity index (χ4n) is 5.46. The van der Waals surface area contributed by atoms with Crippen LogP contribution in [0.25, 0.3) is 11.1 Å².